The number of aliphatic hydroxyl groups is 1. The molecule has 1 saturated carbocycles. The molecule has 3 N–H and O–H groups in total. The molecule has 3 aromatic rings. The summed E-state index contributed by atoms with van der Waals surface area (Å²) in [5, 5.41) is 12.0. The predicted octanol–water partition coefficient (Wildman–Crippen LogP) is 2.90. The molecule has 0 saturated heterocycles. The average molecular weight is 379 g/mol. The number of aliphatic hydroxyl groups excluding tert-OH is 1. The first kappa shape index (κ1) is 18.5. The van der Waals surface area contributed by atoms with Gasteiger partial charge in [0.2, 0.25) is 0 Å². The normalized spacial score (nSPS) is 15.0. The lowest BCUT2D eigenvalue weighted by Gasteiger charge is -2.10. The minimum absolute atomic E-state index is 0.130. The highest BCUT2D eigenvalue weighted by atomic mass is 16.3. The van der Waals surface area contributed by atoms with Crippen LogP contribution in [0.1, 0.15) is 52.7 Å². The van der Waals surface area contributed by atoms with Crippen LogP contribution in [0.5, 0.6) is 0 Å². The molecule has 0 radical (unpaired) electrons. The zero-order valence-corrected chi connectivity index (χ0v) is 16.4. The van der Waals surface area contributed by atoms with Crippen molar-refractivity contribution >= 4 is 11.4 Å². The summed E-state index contributed by atoms with van der Waals surface area (Å²) in [6, 6.07) is 5.73. The third kappa shape index (κ3) is 3.24. The molecule has 0 unspecified atom stereocenters. The monoisotopic (exact) mass is 379 g/mol. The van der Waals surface area contributed by atoms with Gasteiger partial charge in [-0.15, -0.1) is 0 Å². The van der Waals surface area contributed by atoms with Gasteiger partial charge >= 0.3 is 0 Å². The molecule has 28 heavy (non-hydrogen) atoms. The van der Waals surface area contributed by atoms with E-state index in [1.807, 2.05) is 31.3 Å². The summed E-state index contributed by atoms with van der Waals surface area (Å²) in [5.41, 5.74) is 5.69. The number of hydrogen-bond donors (Lipinski definition) is 3. The molecule has 6 nitrogen and oxygen atoms in total. The van der Waals surface area contributed by atoms with Gasteiger partial charge in [0.15, 0.2) is 0 Å². The van der Waals surface area contributed by atoms with E-state index in [4.69, 9.17) is 0 Å². The van der Waals surface area contributed by atoms with Gasteiger partial charge in [-0.05, 0) is 67.9 Å². The van der Waals surface area contributed by atoms with E-state index in [0.29, 0.717) is 16.8 Å². The van der Waals surface area contributed by atoms with Crippen LogP contribution in [0.2, 0.25) is 0 Å². The molecule has 1 aromatic carbocycles. The molecular formula is C22H25N3O3. The zero-order valence-electron chi connectivity index (χ0n) is 16.4. The van der Waals surface area contributed by atoms with Crippen LogP contribution in [0, 0.1) is 13.8 Å². The molecule has 0 spiro atoms. The van der Waals surface area contributed by atoms with Gasteiger partial charge in [-0.3, -0.25) is 9.59 Å². The molecule has 1 fully saturated rings. The van der Waals surface area contributed by atoms with Crippen molar-refractivity contribution in [3.05, 3.63) is 63.2 Å². The molecule has 0 aliphatic heterocycles. The van der Waals surface area contributed by atoms with E-state index in [2.05, 4.69) is 17.2 Å². The number of nitrogens with one attached hydrogen (secondary N) is 2. The molecule has 6 heteroatoms. The van der Waals surface area contributed by atoms with Crippen LogP contribution >= 0.6 is 0 Å². The Balaban J connectivity index is 1.85. The fourth-order valence-electron chi connectivity index (χ4n) is 3.60. The predicted molar refractivity (Wildman–Crippen MR) is 109 cm³/mol. The number of H-pyrrole nitrogens is 1. The fraction of sp³-hybridized carbons (Fsp3) is 0.364. The van der Waals surface area contributed by atoms with Crippen molar-refractivity contribution < 1.29 is 9.90 Å². The SMILES string of the molecule is Cc1ccc(-c2cn3cc(C(=O)N[C@@H](C)CO)c(C4CC4)c3c(=O)[nH]2)cc1C. The number of aromatic amines is 1. The molecule has 2 aromatic heterocycles. The van der Waals surface area contributed by atoms with Crippen LogP contribution in [0.25, 0.3) is 16.8 Å². The van der Waals surface area contributed by atoms with Gasteiger partial charge in [0.25, 0.3) is 11.5 Å². The minimum atomic E-state index is -0.341. The topological polar surface area (TPSA) is 86.6 Å². The Bertz CT molecular complexity index is 1120. The molecule has 1 aliphatic carbocycles. The zero-order chi connectivity index (χ0) is 20.0. The maximum absolute atomic E-state index is 12.9. The van der Waals surface area contributed by atoms with Gasteiger partial charge in [0.1, 0.15) is 5.52 Å². The Labute approximate surface area is 163 Å². The van der Waals surface area contributed by atoms with Crippen molar-refractivity contribution in [2.45, 2.75) is 45.6 Å². The van der Waals surface area contributed by atoms with Crippen LogP contribution in [0.3, 0.4) is 0 Å². The standard InChI is InChI=1S/C22H25N3O3/c1-12-4-5-16(8-13(12)2)18-10-25-9-17(21(27)23-14(3)11-26)19(15-6-7-15)20(25)22(28)24-18/h4-5,8-10,14-15,26H,6-7,11H2,1-3H3,(H,23,27)(H,24,28)/t14-/m0/s1. The summed E-state index contributed by atoms with van der Waals surface area (Å²) in [7, 11) is 0. The number of amides is 1. The molecule has 1 amide bonds. The first-order chi connectivity index (χ1) is 13.4. The average Bonchev–Trinajstić information content (AvgIpc) is 3.43. The third-order valence-corrected chi connectivity index (χ3v) is 5.50. The molecule has 146 valence electrons. The number of rotatable bonds is 5. The van der Waals surface area contributed by atoms with E-state index in [0.717, 1.165) is 29.5 Å². The lowest BCUT2D eigenvalue weighted by molar-refractivity contribution is 0.0921. The van der Waals surface area contributed by atoms with E-state index in [1.54, 1.807) is 17.5 Å². The van der Waals surface area contributed by atoms with Gasteiger partial charge in [0, 0.05) is 18.4 Å². The molecule has 2 heterocycles. The Morgan fingerprint density at radius 1 is 1.29 bits per heavy atom. The van der Waals surface area contributed by atoms with Crippen molar-refractivity contribution in [1.29, 1.82) is 0 Å². The highest BCUT2D eigenvalue weighted by molar-refractivity contribution is 5.98. The lowest BCUT2D eigenvalue weighted by atomic mass is 10.0. The van der Waals surface area contributed by atoms with Crippen molar-refractivity contribution in [2.24, 2.45) is 0 Å². The number of hydrogen-bond acceptors (Lipinski definition) is 3. The Hall–Kier alpha value is -2.86. The van der Waals surface area contributed by atoms with Gasteiger partial charge in [-0.2, -0.15) is 0 Å². The summed E-state index contributed by atoms with van der Waals surface area (Å²) in [6.45, 7) is 5.71. The van der Waals surface area contributed by atoms with E-state index < -0.39 is 0 Å². The number of benzene rings is 1. The van der Waals surface area contributed by atoms with Gasteiger partial charge in [-0.1, -0.05) is 12.1 Å². The number of aromatic nitrogens is 2. The second-order valence-corrected chi connectivity index (χ2v) is 7.84. The molecule has 1 aliphatic rings. The van der Waals surface area contributed by atoms with Crippen molar-refractivity contribution in [2.75, 3.05) is 6.61 Å². The van der Waals surface area contributed by atoms with E-state index >= 15 is 0 Å². The number of carbonyl (C=O) groups excluding carboxylic acids is 1. The summed E-state index contributed by atoms with van der Waals surface area (Å²) >= 11 is 0. The van der Waals surface area contributed by atoms with Crippen LogP contribution in [0.4, 0.5) is 0 Å². The van der Waals surface area contributed by atoms with Gasteiger partial charge in [-0.25, -0.2) is 0 Å². The molecule has 4 rings (SSSR count). The summed E-state index contributed by atoms with van der Waals surface area (Å²) in [6.07, 6.45) is 5.57. The lowest BCUT2D eigenvalue weighted by Crippen LogP contribution is -2.35. The first-order valence-corrected chi connectivity index (χ1v) is 9.66. The van der Waals surface area contributed by atoms with E-state index in [9.17, 15) is 14.7 Å². The summed E-state index contributed by atoms with van der Waals surface area (Å²) < 4.78 is 1.77. The number of fused-ring (bicyclic) bond motifs is 1. The van der Waals surface area contributed by atoms with Crippen LogP contribution in [-0.4, -0.2) is 33.0 Å². The van der Waals surface area contributed by atoms with Crippen LogP contribution in [-0.2, 0) is 0 Å². The van der Waals surface area contributed by atoms with E-state index in [1.165, 1.54) is 5.56 Å². The quantitative estimate of drug-likeness (QED) is 0.637. The Morgan fingerprint density at radius 3 is 2.68 bits per heavy atom. The number of aryl methyl sites for hydroxylation is 2. The molecule has 0 bridgehead atoms. The Kier molecular flexibility index (Phi) is 4.59. The van der Waals surface area contributed by atoms with Crippen LogP contribution in [0.15, 0.2) is 35.4 Å². The minimum Gasteiger partial charge on any atom is -0.394 e. The Morgan fingerprint density at radius 2 is 2.04 bits per heavy atom. The van der Waals surface area contributed by atoms with Crippen molar-refractivity contribution in [3.63, 3.8) is 0 Å². The summed E-state index contributed by atoms with van der Waals surface area (Å²) in [4.78, 5) is 28.7. The number of nitrogens with zero attached hydrogens (tertiary/aromatic N) is 1. The maximum Gasteiger partial charge on any atom is 0.273 e. The van der Waals surface area contributed by atoms with Gasteiger partial charge in [0.05, 0.1) is 17.9 Å². The van der Waals surface area contributed by atoms with Gasteiger partial charge < -0.3 is 19.8 Å². The smallest absolute Gasteiger partial charge is 0.273 e. The van der Waals surface area contributed by atoms with Crippen molar-refractivity contribution in [1.82, 2.24) is 14.7 Å². The van der Waals surface area contributed by atoms with E-state index in [-0.39, 0.29) is 30.0 Å². The molecule has 1 atom stereocenters. The maximum atomic E-state index is 12.9. The highest BCUT2D eigenvalue weighted by Gasteiger charge is 2.33. The third-order valence-electron chi connectivity index (χ3n) is 5.50. The first-order valence-electron chi connectivity index (χ1n) is 9.66. The summed E-state index contributed by atoms with van der Waals surface area (Å²) in [5.74, 6) is -0.0111. The largest absolute Gasteiger partial charge is 0.394 e. The van der Waals surface area contributed by atoms with Crippen molar-refractivity contribution in [3.8, 4) is 11.3 Å². The highest BCUT2D eigenvalue weighted by Crippen LogP contribution is 2.43. The second kappa shape index (κ2) is 6.95. The number of carbonyl (C=O) groups is 1. The van der Waals surface area contributed by atoms with Crippen LogP contribution < -0.4 is 10.9 Å². The molecular weight excluding hydrogens is 354 g/mol. The second-order valence-electron chi connectivity index (χ2n) is 7.84. The fourth-order valence-corrected chi connectivity index (χ4v) is 3.60.